The van der Waals surface area contributed by atoms with Crippen LogP contribution in [0.1, 0.15) is 27.7 Å². The number of hydrogen-bond donors (Lipinski definition) is 0. The summed E-state index contributed by atoms with van der Waals surface area (Å²) in [6.07, 6.45) is -0.780. The SMILES string of the molecule is CC(C)OOP(=O)(COCCCl)OOC(C)C. The van der Waals surface area contributed by atoms with Gasteiger partial charge in [0.05, 0.1) is 18.8 Å². The molecule has 8 heteroatoms. The highest BCUT2D eigenvalue weighted by molar-refractivity contribution is 7.53. The molecule has 0 heterocycles. The average Bonchev–Trinajstić information content (AvgIpc) is 2.24. The van der Waals surface area contributed by atoms with Crippen LogP contribution in [0.25, 0.3) is 0 Å². The molecule has 0 N–H and O–H groups in total. The van der Waals surface area contributed by atoms with Crippen LogP contribution < -0.4 is 0 Å². The van der Waals surface area contributed by atoms with Gasteiger partial charge in [-0.05, 0) is 27.7 Å². The Morgan fingerprint density at radius 2 is 1.53 bits per heavy atom. The maximum Gasteiger partial charge on any atom is 0.409 e. The molecule has 0 aliphatic rings. The van der Waals surface area contributed by atoms with Crippen molar-refractivity contribution in [3.05, 3.63) is 0 Å². The van der Waals surface area contributed by atoms with E-state index >= 15 is 0 Å². The van der Waals surface area contributed by atoms with Gasteiger partial charge < -0.3 is 4.74 Å². The molecular weight excluding hydrogens is 271 g/mol. The van der Waals surface area contributed by atoms with E-state index in [1.165, 1.54) is 0 Å². The fourth-order valence-corrected chi connectivity index (χ4v) is 1.77. The van der Waals surface area contributed by atoms with Crippen LogP contribution in [0.3, 0.4) is 0 Å². The van der Waals surface area contributed by atoms with Crippen LogP contribution in [0, 0.1) is 0 Å². The smallest absolute Gasteiger partial charge is 0.367 e. The Hall–Kier alpha value is 0.320. The number of halogens is 1. The maximum atomic E-state index is 12.0. The average molecular weight is 291 g/mol. The molecule has 0 saturated carbocycles. The molecule has 0 atom stereocenters. The van der Waals surface area contributed by atoms with Crippen molar-refractivity contribution >= 4 is 19.2 Å². The van der Waals surface area contributed by atoms with Gasteiger partial charge in [0.25, 0.3) is 0 Å². The summed E-state index contributed by atoms with van der Waals surface area (Å²) in [5, 5.41) is 0. The summed E-state index contributed by atoms with van der Waals surface area (Å²) in [6.45, 7) is 7.16. The predicted octanol–water partition coefficient (Wildman–Crippen LogP) is 3.11. The lowest BCUT2D eigenvalue weighted by Crippen LogP contribution is -2.11. The maximum absolute atomic E-state index is 12.0. The lowest BCUT2D eigenvalue weighted by molar-refractivity contribution is -0.293. The molecule has 0 aromatic heterocycles. The standard InChI is InChI=1S/C9H20ClO6P/c1-8(2)13-15-17(11,7-12-6-5-10)16-14-9(3)4/h8-9H,5-7H2,1-4H3. The van der Waals surface area contributed by atoms with Crippen molar-refractivity contribution in [1.29, 1.82) is 0 Å². The number of rotatable bonds is 10. The number of alkyl halides is 1. The first-order valence-corrected chi connectivity index (χ1v) is 7.59. The normalized spacial score (nSPS) is 12.6. The summed E-state index contributed by atoms with van der Waals surface area (Å²) < 4.78 is 26.5. The molecule has 0 aromatic rings. The number of ether oxygens (including phenoxy) is 1. The molecule has 0 spiro atoms. The van der Waals surface area contributed by atoms with Crippen molar-refractivity contribution < 1.29 is 28.4 Å². The second-order valence-corrected chi connectivity index (χ2v) is 5.93. The first kappa shape index (κ1) is 17.3. The van der Waals surface area contributed by atoms with Gasteiger partial charge in [-0.15, -0.1) is 20.9 Å². The molecule has 0 aliphatic heterocycles. The van der Waals surface area contributed by atoms with E-state index in [9.17, 15) is 4.57 Å². The summed E-state index contributed by atoms with van der Waals surface area (Å²) in [5.41, 5.74) is 0. The summed E-state index contributed by atoms with van der Waals surface area (Å²) in [6, 6.07) is 0. The molecule has 0 amide bonds. The summed E-state index contributed by atoms with van der Waals surface area (Å²) in [7, 11) is -3.58. The van der Waals surface area contributed by atoms with Crippen molar-refractivity contribution in [2.45, 2.75) is 39.9 Å². The highest BCUT2D eigenvalue weighted by Crippen LogP contribution is 2.49. The lowest BCUT2D eigenvalue weighted by Gasteiger charge is -2.18. The molecule has 0 fully saturated rings. The fraction of sp³-hybridized carbons (Fsp3) is 1.00. The summed E-state index contributed by atoms with van der Waals surface area (Å²) in [4.78, 5) is 9.58. The van der Waals surface area contributed by atoms with Crippen LogP contribution >= 0.6 is 19.2 Å². The van der Waals surface area contributed by atoms with Gasteiger partial charge >= 0.3 is 7.60 Å². The largest absolute Gasteiger partial charge is 0.409 e. The Labute approximate surface area is 107 Å². The van der Waals surface area contributed by atoms with Gasteiger partial charge in [0.2, 0.25) is 0 Å². The molecule has 0 unspecified atom stereocenters. The second-order valence-electron chi connectivity index (χ2n) is 3.78. The van der Waals surface area contributed by atoms with Crippen LogP contribution in [0.4, 0.5) is 0 Å². The fourth-order valence-electron chi connectivity index (χ4n) is 0.590. The molecule has 0 bridgehead atoms. The Morgan fingerprint density at radius 3 is 1.88 bits per heavy atom. The number of hydrogen-bond acceptors (Lipinski definition) is 6. The van der Waals surface area contributed by atoms with E-state index in [4.69, 9.17) is 35.5 Å². The molecule has 17 heavy (non-hydrogen) atoms. The van der Waals surface area contributed by atoms with Gasteiger partial charge in [0.15, 0.2) is 6.35 Å². The van der Waals surface area contributed by atoms with Gasteiger partial charge in [-0.1, -0.05) is 0 Å². The second kappa shape index (κ2) is 9.28. The Bertz CT molecular complexity index is 220. The van der Waals surface area contributed by atoms with Crippen molar-refractivity contribution in [2.75, 3.05) is 18.8 Å². The molecule has 6 nitrogen and oxygen atoms in total. The molecule has 0 aliphatic carbocycles. The van der Waals surface area contributed by atoms with Crippen molar-refractivity contribution in [1.82, 2.24) is 0 Å². The predicted molar refractivity (Wildman–Crippen MR) is 63.8 cm³/mol. The minimum absolute atomic E-state index is 0.238. The molecule has 104 valence electrons. The third kappa shape index (κ3) is 9.97. The van der Waals surface area contributed by atoms with Gasteiger partial charge in [-0.25, -0.2) is 9.78 Å². The summed E-state index contributed by atoms with van der Waals surface area (Å²) >= 11 is 5.43. The Balaban J connectivity index is 4.19. The van der Waals surface area contributed by atoms with Crippen molar-refractivity contribution in [3.63, 3.8) is 0 Å². The van der Waals surface area contributed by atoms with Gasteiger partial charge in [0.1, 0.15) is 0 Å². The monoisotopic (exact) mass is 290 g/mol. The first-order chi connectivity index (χ1) is 7.89. The molecule has 0 radical (unpaired) electrons. The molecule has 0 rings (SSSR count). The van der Waals surface area contributed by atoms with E-state index in [2.05, 4.69) is 0 Å². The van der Waals surface area contributed by atoms with Gasteiger partial charge in [-0.2, -0.15) is 0 Å². The minimum atomic E-state index is -3.58. The van der Waals surface area contributed by atoms with E-state index in [0.717, 1.165) is 0 Å². The third-order valence-electron chi connectivity index (χ3n) is 1.17. The lowest BCUT2D eigenvalue weighted by atomic mass is 10.5. The van der Waals surface area contributed by atoms with Crippen molar-refractivity contribution in [3.8, 4) is 0 Å². The topological polar surface area (TPSA) is 63.2 Å². The van der Waals surface area contributed by atoms with Crippen LogP contribution in [-0.2, 0) is 28.4 Å². The minimum Gasteiger partial charge on any atom is -0.367 e. The van der Waals surface area contributed by atoms with Gasteiger partial charge in [-0.3, -0.25) is 4.57 Å². The first-order valence-electron chi connectivity index (χ1n) is 5.32. The van der Waals surface area contributed by atoms with E-state index in [-0.39, 0.29) is 31.0 Å². The van der Waals surface area contributed by atoms with Crippen LogP contribution in [0.15, 0.2) is 0 Å². The quantitative estimate of drug-likeness (QED) is 0.202. The van der Waals surface area contributed by atoms with Crippen LogP contribution in [0.2, 0.25) is 0 Å². The Kier molecular flexibility index (Phi) is 9.45. The summed E-state index contributed by atoms with van der Waals surface area (Å²) in [5.74, 6) is 0.288. The third-order valence-corrected chi connectivity index (χ3v) is 2.45. The Morgan fingerprint density at radius 1 is 1.06 bits per heavy atom. The molecular formula is C9H20ClO6P. The zero-order valence-corrected chi connectivity index (χ0v) is 12.2. The van der Waals surface area contributed by atoms with E-state index in [0.29, 0.717) is 0 Å². The molecule has 0 aromatic carbocycles. The van der Waals surface area contributed by atoms with E-state index in [1.807, 2.05) is 0 Å². The van der Waals surface area contributed by atoms with Crippen LogP contribution in [-0.4, -0.2) is 31.0 Å². The van der Waals surface area contributed by atoms with Crippen LogP contribution in [0.5, 0.6) is 0 Å². The zero-order chi connectivity index (χ0) is 13.3. The van der Waals surface area contributed by atoms with Crippen molar-refractivity contribution in [2.24, 2.45) is 0 Å². The van der Waals surface area contributed by atoms with E-state index < -0.39 is 7.60 Å². The highest BCUT2D eigenvalue weighted by atomic mass is 35.5. The van der Waals surface area contributed by atoms with E-state index in [1.54, 1.807) is 27.7 Å². The molecule has 0 saturated heterocycles. The zero-order valence-electron chi connectivity index (χ0n) is 10.6. The highest BCUT2D eigenvalue weighted by Gasteiger charge is 2.29. The van der Waals surface area contributed by atoms with Gasteiger partial charge in [0, 0.05) is 5.88 Å².